The van der Waals surface area contributed by atoms with Gasteiger partial charge in [0.2, 0.25) is 0 Å². The number of carbonyl (C=O) groups excluding carboxylic acids is 1. The van der Waals surface area contributed by atoms with Gasteiger partial charge in [0, 0.05) is 10.6 Å². The number of amides is 2. The van der Waals surface area contributed by atoms with Crippen molar-refractivity contribution in [2.24, 2.45) is 0 Å². The van der Waals surface area contributed by atoms with E-state index in [0.29, 0.717) is 0 Å². The van der Waals surface area contributed by atoms with Crippen LogP contribution in [0.2, 0.25) is 0 Å². The number of hydrogen-bond donors (Lipinski definition) is 2. The third-order valence-electron chi connectivity index (χ3n) is 4.27. The summed E-state index contributed by atoms with van der Waals surface area (Å²) >= 11 is 1.69. The highest BCUT2D eigenvalue weighted by Crippen LogP contribution is 2.28. The number of urea groups is 1. The van der Waals surface area contributed by atoms with Crippen molar-refractivity contribution >= 4 is 23.5 Å². The SMILES string of the molecule is CSc1ccc(NC(=O)NC2CCCCc3ccccc32)cc1. The molecule has 0 radical (unpaired) electrons. The van der Waals surface area contributed by atoms with E-state index >= 15 is 0 Å². The molecule has 1 unspecified atom stereocenters. The molecule has 2 amide bonds. The van der Waals surface area contributed by atoms with Gasteiger partial charge in [0.15, 0.2) is 0 Å². The minimum atomic E-state index is -0.136. The predicted octanol–water partition coefficient (Wildman–Crippen LogP) is 5.00. The van der Waals surface area contributed by atoms with Crippen molar-refractivity contribution in [1.29, 1.82) is 0 Å². The van der Waals surface area contributed by atoms with Crippen molar-refractivity contribution in [2.75, 3.05) is 11.6 Å². The molecular weight excluding hydrogens is 304 g/mol. The molecule has 3 nitrogen and oxygen atoms in total. The Balaban J connectivity index is 1.67. The molecule has 2 aromatic carbocycles. The summed E-state index contributed by atoms with van der Waals surface area (Å²) < 4.78 is 0. The second kappa shape index (κ2) is 7.55. The fourth-order valence-corrected chi connectivity index (χ4v) is 3.48. The molecule has 23 heavy (non-hydrogen) atoms. The fraction of sp³-hybridized carbons (Fsp3) is 0.316. The number of aryl methyl sites for hydroxylation is 1. The lowest BCUT2D eigenvalue weighted by Gasteiger charge is -2.19. The van der Waals surface area contributed by atoms with E-state index in [1.54, 1.807) is 11.8 Å². The molecular formula is C19H22N2OS. The second-order valence-corrected chi connectivity index (χ2v) is 6.70. The molecule has 3 rings (SSSR count). The lowest BCUT2D eigenvalue weighted by molar-refractivity contribution is 0.248. The van der Waals surface area contributed by atoms with Crippen molar-refractivity contribution in [1.82, 2.24) is 5.32 Å². The van der Waals surface area contributed by atoms with E-state index in [-0.39, 0.29) is 12.1 Å². The Bertz CT molecular complexity index is 669. The first-order valence-electron chi connectivity index (χ1n) is 8.05. The van der Waals surface area contributed by atoms with Gasteiger partial charge in [0.1, 0.15) is 0 Å². The summed E-state index contributed by atoms with van der Waals surface area (Å²) in [7, 11) is 0. The van der Waals surface area contributed by atoms with Gasteiger partial charge >= 0.3 is 6.03 Å². The summed E-state index contributed by atoms with van der Waals surface area (Å²) in [5.41, 5.74) is 3.44. The average molecular weight is 326 g/mol. The standard InChI is InChI=1S/C19H22N2OS/c1-23-16-12-10-15(11-13-16)20-19(22)21-18-9-5-3-7-14-6-2-4-8-17(14)18/h2,4,6,8,10-13,18H,3,5,7,9H2,1H3,(H2,20,21,22). The average Bonchev–Trinajstić information content (AvgIpc) is 2.78. The highest BCUT2D eigenvalue weighted by molar-refractivity contribution is 7.98. The van der Waals surface area contributed by atoms with Gasteiger partial charge < -0.3 is 10.6 Å². The number of carbonyl (C=O) groups is 1. The van der Waals surface area contributed by atoms with Gasteiger partial charge in [-0.1, -0.05) is 30.7 Å². The minimum absolute atomic E-state index is 0.0965. The van der Waals surface area contributed by atoms with Gasteiger partial charge in [-0.05, 0) is 60.9 Å². The van der Waals surface area contributed by atoms with Crippen molar-refractivity contribution in [2.45, 2.75) is 36.6 Å². The van der Waals surface area contributed by atoms with Crippen LogP contribution >= 0.6 is 11.8 Å². The molecule has 1 aliphatic carbocycles. The number of benzene rings is 2. The quantitative estimate of drug-likeness (QED) is 0.616. The first kappa shape index (κ1) is 15.9. The molecule has 0 fully saturated rings. The summed E-state index contributed by atoms with van der Waals surface area (Å²) in [5.74, 6) is 0. The minimum Gasteiger partial charge on any atom is -0.331 e. The van der Waals surface area contributed by atoms with Gasteiger partial charge in [-0.2, -0.15) is 0 Å². The van der Waals surface area contributed by atoms with Crippen molar-refractivity contribution in [3.8, 4) is 0 Å². The number of hydrogen-bond acceptors (Lipinski definition) is 2. The number of fused-ring (bicyclic) bond motifs is 1. The Morgan fingerprint density at radius 3 is 2.65 bits per heavy atom. The Morgan fingerprint density at radius 1 is 1.09 bits per heavy atom. The monoisotopic (exact) mass is 326 g/mol. The second-order valence-electron chi connectivity index (χ2n) is 5.82. The van der Waals surface area contributed by atoms with Crippen LogP contribution in [0.4, 0.5) is 10.5 Å². The highest BCUT2D eigenvalue weighted by Gasteiger charge is 2.19. The molecule has 1 aliphatic rings. The number of anilines is 1. The van der Waals surface area contributed by atoms with E-state index in [4.69, 9.17) is 0 Å². The Morgan fingerprint density at radius 2 is 1.87 bits per heavy atom. The van der Waals surface area contributed by atoms with Gasteiger partial charge in [0.25, 0.3) is 0 Å². The van der Waals surface area contributed by atoms with E-state index in [1.165, 1.54) is 22.4 Å². The molecule has 0 saturated carbocycles. The summed E-state index contributed by atoms with van der Waals surface area (Å²) in [6, 6.07) is 16.3. The third-order valence-corrected chi connectivity index (χ3v) is 5.02. The van der Waals surface area contributed by atoms with Gasteiger partial charge in [0.05, 0.1) is 6.04 Å². The zero-order chi connectivity index (χ0) is 16.1. The molecule has 0 heterocycles. The van der Waals surface area contributed by atoms with Gasteiger partial charge in [-0.15, -0.1) is 11.8 Å². The van der Waals surface area contributed by atoms with Crippen LogP contribution in [-0.4, -0.2) is 12.3 Å². The normalized spacial score (nSPS) is 17.0. The lowest BCUT2D eigenvalue weighted by Crippen LogP contribution is -2.32. The van der Waals surface area contributed by atoms with Crippen LogP contribution in [0.15, 0.2) is 53.4 Å². The van der Waals surface area contributed by atoms with Crippen LogP contribution in [-0.2, 0) is 6.42 Å². The summed E-state index contributed by atoms with van der Waals surface area (Å²) in [4.78, 5) is 13.5. The Labute approximate surface area is 141 Å². The molecule has 0 saturated heterocycles. The summed E-state index contributed by atoms with van der Waals surface area (Å²) in [5, 5.41) is 6.07. The lowest BCUT2D eigenvalue weighted by atomic mass is 9.99. The maximum atomic E-state index is 12.3. The summed E-state index contributed by atoms with van der Waals surface area (Å²) in [6.45, 7) is 0. The first-order chi connectivity index (χ1) is 11.3. The van der Waals surface area contributed by atoms with E-state index in [1.807, 2.05) is 30.5 Å². The Hall–Kier alpha value is -1.94. The highest BCUT2D eigenvalue weighted by atomic mass is 32.2. The van der Waals surface area contributed by atoms with Crippen LogP contribution < -0.4 is 10.6 Å². The smallest absolute Gasteiger partial charge is 0.319 e. The maximum absolute atomic E-state index is 12.3. The van der Waals surface area contributed by atoms with Crippen LogP contribution in [0.25, 0.3) is 0 Å². The third kappa shape index (κ3) is 4.08. The van der Waals surface area contributed by atoms with E-state index in [9.17, 15) is 4.79 Å². The number of rotatable bonds is 3. The van der Waals surface area contributed by atoms with E-state index in [2.05, 4.69) is 34.9 Å². The topological polar surface area (TPSA) is 41.1 Å². The zero-order valence-electron chi connectivity index (χ0n) is 13.3. The molecule has 0 aliphatic heterocycles. The number of thioether (sulfide) groups is 1. The molecule has 0 spiro atoms. The first-order valence-corrected chi connectivity index (χ1v) is 9.28. The van der Waals surface area contributed by atoms with Crippen LogP contribution in [0.5, 0.6) is 0 Å². The molecule has 1 atom stereocenters. The molecule has 2 aromatic rings. The Kier molecular flexibility index (Phi) is 5.23. The van der Waals surface area contributed by atoms with Crippen molar-refractivity contribution < 1.29 is 4.79 Å². The maximum Gasteiger partial charge on any atom is 0.319 e. The largest absolute Gasteiger partial charge is 0.331 e. The van der Waals surface area contributed by atoms with Crippen molar-refractivity contribution in [3.63, 3.8) is 0 Å². The number of nitrogens with one attached hydrogen (secondary N) is 2. The predicted molar refractivity (Wildman–Crippen MR) is 97.1 cm³/mol. The van der Waals surface area contributed by atoms with E-state index in [0.717, 1.165) is 24.9 Å². The summed E-state index contributed by atoms with van der Waals surface area (Å²) in [6.07, 6.45) is 6.47. The van der Waals surface area contributed by atoms with Crippen molar-refractivity contribution in [3.05, 3.63) is 59.7 Å². The molecule has 2 N–H and O–H groups in total. The van der Waals surface area contributed by atoms with Gasteiger partial charge in [-0.3, -0.25) is 0 Å². The van der Waals surface area contributed by atoms with Crippen LogP contribution in [0.1, 0.15) is 36.4 Å². The fourth-order valence-electron chi connectivity index (χ4n) is 3.07. The van der Waals surface area contributed by atoms with Crippen LogP contribution in [0, 0.1) is 0 Å². The van der Waals surface area contributed by atoms with Crippen LogP contribution in [0.3, 0.4) is 0 Å². The van der Waals surface area contributed by atoms with E-state index < -0.39 is 0 Å². The molecule has 120 valence electrons. The zero-order valence-corrected chi connectivity index (χ0v) is 14.2. The molecule has 0 bridgehead atoms. The molecule has 4 heteroatoms. The molecule has 0 aromatic heterocycles. The van der Waals surface area contributed by atoms with Gasteiger partial charge in [-0.25, -0.2) is 4.79 Å².